The van der Waals surface area contributed by atoms with E-state index in [0.717, 1.165) is 12.0 Å². The lowest BCUT2D eigenvalue weighted by Crippen LogP contribution is -1.91. The van der Waals surface area contributed by atoms with Crippen LogP contribution in [-0.4, -0.2) is 0 Å². The summed E-state index contributed by atoms with van der Waals surface area (Å²) in [7, 11) is 0. The fourth-order valence-electron chi connectivity index (χ4n) is 1.68. The highest BCUT2D eigenvalue weighted by atomic mass is 19.1. The minimum absolute atomic E-state index is 0.166. The second-order valence-electron chi connectivity index (χ2n) is 3.73. The Hall–Kier alpha value is -1.63. The van der Waals surface area contributed by atoms with Gasteiger partial charge in [0.25, 0.3) is 0 Å². The van der Waals surface area contributed by atoms with Crippen LogP contribution in [0.25, 0.3) is 0 Å². The SMILES string of the molecule is Cc1ccccc1Cc1cccc(F)c1. The van der Waals surface area contributed by atoms with Gasteiger partial charge >= 0.3 is 0 Å². The normalized spacial score (nSPS) is 10.3. The predicted molar refractivity (Wildman–Crippen MR) is 60.4 cm³/mol. The van der Waals surface area contributed by atoms with E-state index in [1.165, 1.54) is 17.2 Å². The van der Waals surface area contributed by atoms with Gasteiger partial charge in [-0.25, -0.2) is 4.39 Å². The summed E-state index contributed by atoms with van der Waals surface area (Å²) in [6.07, 6.45) is 0.796. The van der Waals surface area contributed by atoms with Gasteiger partial charge < -0.3 is 0 Å². The molecule has 0 aromatic heterocycles. The molecule has 0 atom stereocenters. The average molecular weight is 200 g/mol. The second kappa shape index (κ2) is 4.26. The van der Waals surface area contributed by atoms with Crippen LogP contribution in [0.3, 0.4) is 0 Å². The van der Waals surface area contributed by atoms with Crippen LogP contribution in [0.1, 0.15) is 16.7 Å². The summed E-state index contributed by atoms with van der Waals surface area (Å²) >= 11 is 0. The average Bonchev–Trinajstić information content (AvgIpc) is 2.22. The summed E-state index contributed by atoms with van der Waals surface area (Å²) in [5.74, 6) is -0.166. The molecule has 76 valence electrons. The van der Waals surface area contributed by atoms with Gasteiger partial charge in [-0.15, -0.1) is 0 Å². The Bertz CT molecular complexity index is 460. The fraction of sp³-hybridized carbons (Fsp3) is 0.143. The lowest BCUT2D eigenvalue weighted by molar-refractivity contribution is 0.626. The quantitative estimate of drug-likeness (QED) is 0.693. The van der Waals surface area contributed by atoms with Crippen molar-refractivity contribution in [2.45, 2.75) is 13.3 Å². The maximum atomic E-state index is 13.0. The van der Waals surface area contributed by atoms with Crippen LogP contribution in [-0.2, 0) is 6.42 Å². The van der Waals surface area contributed by atoms with Crippen LogP contribution >= 0.6 is 0 Å². The predicted octanol–water partition coefficient (Wildman–Crippen LogP) is 3.72. The van der Waals surface area contributed by atoms with Crippen molar-refractivity contribution in [2.24, 2.45) is 0 Å². The summed E-state index contributed by atoms with van der Waals surface area (Å²) in [6.45, 7) is 2.08. The molecule has 0 spiro atoms. The van der Waals surface area contributed by atoms with Crippen LogP contribution in [0, 0.1) is 12.7 Å². The number of hydrogen-bond donors (Lipinski definition) is 0. The molecule has 0 aliphatic rings. The topological polar surface area (TPSA) is 0 Å². The molecule has 0 nitrogen and oxygen atoms in total. The third-order valence-corrected chi connectivity index (χ3v) is 2.54. The molecular weight excluding hydrogens is 187 g/mol. The van der Waals surface area contributed by atoms with Gasteiger partial charge in [-0.2, -0.15) is 0 Å². The molecule has 0 bridgehead atoms. The van der Waals surface area contributed by atoms with Gasteiger partial charge in [0.15, 0.2) is 0 Å². The molecule has 0 saturated carbocycles. The van der Waals surface area contributed by atoms with Crippen LogP contribution in [0.4, 0.5) is 4.39 Å². The first-order chi connectivity index (χ1) is 7.25. The van der Waals surface area contributed by atoms with Gasteiger partial charge in [0.2, 0.25) is 0 Å². The summed E-state index contributed by atoms with van der Waals surface area (Å²) in [4.78, 5) is 0. The van der Waals surface area contributed by atoms with Crippen LogP contribution in [0.2, 0.25) is 0 Å². The summed E-state index contributed by atoms with van der Waals surface area (Å²) in [5.41, 5.74) is 3.52. The third kappa shape index (κ3) is 2.44. The molecular formula is C14H13F. The molecule has 0 radical (unpaired) electrons. The zero-order chi connectivity index (χ0) is 10.7. The Morgan fingerprint density at radius 2 is 1.80 bits per heavy atom. The van der Waals surface area contributed by atoms with E-state index < -0.39 is 0 Å². The monoisotopic (exact) mass is 200 g/mol. The summed E-state index contributed by atoms with van der Waals surface area (Å²) < 4.78 is 13.0. The molecule has 0 aliphatic carbocycles. The minimum Gasteiger partial charge on any atom is -0.207 e. The highest BCUT2D eigenvalue weighted by molar-refractivity contribution is 5.31. The lowest BCUT2D eigenvalue weighted by Gasteiger charge is -2.05. The Labute approximate surface area is 89.4 Å². The van der Waals surface area contributed by atoms with E-state index in [-0.39, 0.29) is 5.82 Å². The van der Waals surface area contributed by atoms with Gasteiger partial charge in [0.1, 0.15) is 5.82 Å². The Kier molecular flexibility index (Phi) is 2.82. The summed E-state index contributed by atoms with van der Waals surface area (Å²) in [5, 5.41) is 0. The minimum atomic E-state index is -0.166. The third-order valence-electron chi connectivity index (χ3n) is 2.54. The molecule has 2 aromatic carbocycles. The van der Waals surface area contributed by atoms with Gasteiger partial charge in [-0.05, 0) is 42.2 Å². The number of rotatable bonds is 2. The standard InChI is InChI=1S/C14H13F/c1-11-5-2-3-7-13(11)9-12-6-4-8-14(15)10-12/h2-8,10H,9H2,1H3. The van der Waals surface area contributed by atoms with Crippen molar-refractivity contribution in [1.29, 1.82) is 0 Å². The largest absolute Gasteiger partial charge is 0.207 e. The Morgan fingerprint density at radius 1 is 1.00 bits per heavy atom. The van der Waals surface area contributed by atoms with E-state index in [1.54, 1.807) is 12.1 Å². The Morgan fingerprint density at radius 3 is 2.53 bits per heavy atom. The van der Waals surface area contributed by atoms with Crippen LogP contribution in [0.15, 0.2) is 48.5 Å². The van der Waals surface area contributed by atoms with Crippen molar-refractivity contribution in [3.8, 4) is 0 Å². The van der Waals surface area contributed by atoms with E-state index in [9.17, 15) is 4.39 Å². The zero-order valence-electron chi connectivity index (χ0n) is 8.70. The van der Waals surface area contributed by atoms with E-state index in [2.05, 4.69) is 19.1 Å². The molecule has 0 fully saturated rings. The number of aryl methyl sites for hydroxylation is 1. The van der Waals surface area contributed by atoms with Gasteiger partial charge in [0.05, 0.1) is 0 Å². The van der Waals surface area contributed by atoms with E-state index >= 15 is 0 Å². The second-order valence-corrected chi connectivity index (χ2v) is 3.73. The molecule has 15 heavy (non-hydrogen) atoms. The van der Waals surface area contributed by atoms with Crippen molar-refractivity contribution in [2.75, 3.05) is 0 Å². The molecule has 0 N–H and O–H groups in total. The maximum Gasteiger partial charge on any atom is 0.123 e. The van der Waals surface area contributed by atoms with Crippen molar-refractivity contribution in [3.63, 3.8) is 0 Å². The van der Waals surface area contributed by atoms with Crippen molar-refractivity contribution >= 4 is 0 Å². The molecule has 0 amide bonds. The van der Waals surface area contributed by atoms with Gasteiger partial charge in [-0.3, -0.25) is 0 Å². The number of hydrogen-bond acceptors (Lipinski definition) is 0. The molecule has 0 unspecified atom stereocenters. The number of benzene rings is 2. The van der Waals surface area contributed by atoms with Crippen molar-refractivity contribution < 1.29 is 4.39 Å². The van der Waals surface area contributed by atoms with Crippen LogP contribution < -0.4 is 0 Å². The van der Waals surface area contributed by atoms with E-state index in [0.29, 0.717) is 0 Å². The molecule has 2 aromatic rings. The summed E-state index contributed by atoms with van der Waals surface area (Å²) in [6, 6.07) is 15.0. The lowest BCUT2D eigenvalue weighted by atomic mass is 10.0. The van der Waals surface area contributed by atoms with E-state index in [4.69, 9.17) is 0 Å². The molecule has 1 heteroatoms. The smallest absolute Gasteiger partial charge is 0.123 e. The zero-order valence-corrected chi connectivity index (χ0v) is 8.70. The molecule has 0 heterocycles. The highest BCUT2D eigenvalue weighted by Gasteiger charge is 1.99. The number of halogens is 1. The van der Waals surface area contributed by atoms with Gasteiger partial charge in [-0.1, -0.05) is 36.4 Å². The van der Waals surface area contributed by atoms with Crippen molar-refractivity contribution in [3.05, 3.63) is 71.0 Å². The first-order valence-electron chi connectivity index (χ1n) is 5.04. The first kappa shape index (κ1) is 9.91. The first-order valence-corrected chi connectivity index (χ1v) is 5.04. The van der Waals surface area contributed by atoms with Crippen LogP contribution in [0.5, 0.6) is 0 Å². The van der Waals surface area contributed by atoms with E-state index in [1.807, 2.05) is 18.2 Å². The van der Waals surface area contributed by atoms with Gasteiger partial charge in [0, 0.05) is 0 Å². The molecule has 0 saturated heterocycles. The fourth-order valence-corrected chi connectivity index (χ4v) is 1.68. The molecule has 2 rings (SSSR count). The maximum absolute atomic E-state index is 13.0. The molecule has 0 aliphatic heterocycles. The van der Waals surface area contributed by atoms with Crippen molar-refractivity contribution in [1.82, 2.24) is 0 Å². The highest BCUT2D eigenvalue weighted by Crippen LogP contribution is 2.14. The Balaban J connectivity index is 2.26.